The zero-order chi connectivity index (χ0) is 21.1. The molecule has 0 aliphatic heterocycles. The molecule has 0 bridgehead atoms. The molecule has 3 aromatic rings. The monoisotopic (exact) mass is 394 g/mol. The average Bonchev–Trinajstić information content (AvgIpc) is 2.69. The fraction of sp³-hybridized carbons (Fsp3) is 0.143. The number of aromatic nitrogens is 2. The maximum Gasteiger partial charge on any atom is 0.291 e. The van der Waals surface area contributed by atoms with Gasteiger partial charge in [0.2, 0.25) is 5.91 Å². The molecule has 0 spiro atoms. The minimum absolute atomic E-state index is 0.00442. The van der Waals surface area contributed by atoms with Crippen LogP contribution in [0.5, 0.6) is 0 Å². The number of nitrogens with one attached hydrogen (secondary N) is 1. The van der Waals surface area contributed by atoms with Crippen molar-refractivity contribution in [1.29, 1.82) is 0 Å². The molecule has 0 saturated heterocycles. The maximum absolute atomic E-state index is 13.8. The topological polar surface area (TPSA) is 107 Å². The van der Waals surface area contributed by atoms with Crippen LogP contribution in [-0.2, 0) is 6.54 Å². The number of benzene rings is 2. The zero-order valence-electron chi connectivity index (χ0n) is 15.9. The van der Waals surface area contributed by atoms with Crippen LogP contribution in [0.1, 0.15) is 34.6 Å². The third kappa shape index (κ3) is 4.06. The number of carbonyl (C=O) groups excluding carboxylic acids is 2. The largest absolute Gasteiger partial charge is 0.366 e. The summed E-state index contributed by atoms with van der Waals surface area (Å²) in [4.78, 5) is 36.8. The molecule has 1 aromatic heterocycles. The number of hydrogen-bond donors (Lipinski definition) is 2. The number of primary amides is 1. The summed E-state index contributed by atoms with van der Waals surface area (Å²) in [7, 11) is 0. The van der Waals surface area contributed by atoms with Gasteiger partial charge >= 0.3 is 0 Å². The Morgan fingerprint density at radius 1 is 1.17 bits per heavy atom. The molecule has 148 valence electrons. The summed E-state index contributed by atoms with van der Waals surface area (Å²) in [5.74, 6) is -1.52. The predicted octanol–water partition coefficient (Wildman–Crippen LogP) is 3.11. The van der Waals surface area contributed by atoms with Gasteiger partial charge in [-0.2, -0.15) is 5.10 Å². The zero-order valence-corrected chi connectivity index (χ0v) is 15.9. The minimum atomic E-state index is -0.624. The van der Waals surface area contributed by atoms with E-state index in [2.05, 4.69) is 10.4 Å². The average molecular weight is 394 g/mol. The van der Waals surface area contributed by atoms with Crippen molar-refractivity contribution in [3.8, 4) is 11.3 Å². The van der Waals surface area contributed by atoms with Crippen LogP contribution in [0, 0.1) is 5.82 Å². The summed E-state index contributed by atoms with van der Waals surface area (Å²) < 4.78 is 15.0. The fourth-order valence-corrected chi connectivity index (χ4v) is 2.98. The lowest BCUT2D eigenvalue weighted by Gasteiger charge is -2.16. The second-order valence-electron chi connectivity index (χ2n) is 6.36. The highest BCUT2D eigenvalue weighted by Gasteiger charge is 2.22. The molecule has 0 aliphatic rings. The van der Waals surface area contributed by atoms with Crippen molar-refractivity contribution < 1.29 is 14.0 Å². The predicted molar refractivity (Wildman–Crippen MR) is 108 cm³/mol. The summed E-state index contributed by atoms with van der Waals surface area (Å²) in [6, 6.07) is 11.9. The highest BCUT2D eigenvalue weighted by molar-refractivity contribution is 6.05. The number of amides is 1. The van der Waals surface area contributed by atoms with Crippen LogP contribution < -0.4 is 16.6 Å². The van der Waals surface area contributed by atoms with E-state index in [9.17, 15) is 18.8 Å². The lowest BCUT2D eigenvalue weighted by Crippen LogP contribution is -2.28. The van der Waals surface area contributed by atoms with Gasteiger partial charge < -0.3 is 11.1 Å². The maximum atomic E-state index is 13.8. The van der Waals surface area contributed by atoms with Gasteiger partial charge in [0.05, 0.1) is 5.56 Å². The van der Waals surface area contributed by atoms with Crippen molar-refractivity contribution in [3.05, 3.63) is 75.8 Å². The van der Waals surface area contributed by atoms with Crippen LogP contribution in [0.2, 0.25) is 0 Å². The third-order valence-electron chi connectivity index (χ3n) is 4.32. The summed E-state index contributed by atoms with van der Waals surface area (Å²) in [6.45, 7) is 3.28. The first-order valence-electron chi connectivity index (χ1n) is 8.90. The van der Waals surface area contributed by atoms with Crippen molar-refractivity contribution in [2.75, 3.05) is 5.32 Å². The van der Waals surface area contributed by atoms with E-state index in [1.54, 1.807) is 25.1 Å². The van der Waals surface area contributed by atoms with E-state index in [1.807, 2.05) is 0 Å². The second-order valence-corrected chi connectivity index (χ2v) is 6.36. The molecule has 29 heavy (non-hydrogen) atoms. The van der Waals surface area contributed by atoms with E-state index in [0.717, 1.165) is 0 Å². The Hall–Kier alpha value is -3.81. The molecule has 3 N–H and O–H groups in total. The smallest absolute Gasteiger partial charge is 0.291 e. The molecule has 1 amide bonds. The Morgan fingerprint density at radius 2 is 1.90 bits per heavy atom. The molecule has 3 rings (SSSR count). The SMILES string of the molecule is CCn1nc(-c2cccc(F)c2)c(C(C)=O)c(Nc2cccc(C(N)=O)c2)c1=O. The molecule has 7 nitrogen and oxygen atoms in total. The van der Waals surface area contributed by atoms with Gasteiger partial charge in [-0.25, -0.2) is 9.07 Å². The number of nitrogens with two attached hydrogens (primary N) is 1. The summed E-state index contributed by atoms with van der Waals surface area (Å²) >= 11 is 0. The van der Waals surface area contributed by atoms with E-state index in [-0.39, 0.29) is 29.1 Å². The standard InChI is InChI=1S/C21H19FN4O3/c1-3-26-21(29)19(24-16-9-5-7-14(11-16)20(23)28)17(12(2)27)18(25-26)13-6-4-8-15(22)10-13/h4-11,24H,3H2,1-2H3,(H2,23,28). The van der Waals surface area contributed by atoms with Gasteiger partial charge in [-0.3, -0.25) is 14.4 Å². The summed E-state index contributed by atoms with van der Waals surface area (Å²) in [5, 5.41) is 7.20. The Balaban J connectivity index is 2.26. The molecular formula is C21H19FN4O3. The lowest BCUT2D eigenvalue weighted by atomic mass is 10.0. The van der Waals surface area contributed by atoms with Gasteiger partial charge in [-0.1, -0.05) is 18.2 Å². The number of halogens is 1. The van der Waals surface area contributed by atoms with Gasteiger partial charge in [0.1, 0.15) is 17.2 Å². The van der Waals surface area contributed by atoms with E-state index in [4.69, 9.17) is 5.73 Å². The minimum Gasteiger partial charge on any atom is -0.366 e. The van der Waals surface area contributed by atoms with Gasteiger partial charge in [0.25, 0.3) is 5.56 Å². The van der Waals surface area contributed by atoms with E-state index >= 15 is 0 Å². The first kappa shape index (κ1) is 19.9. The summed E-state index contributed by atoms with van der Waals surface area (Å²) in [6.07, 6.45) is 0. The van der Waals surface area contributed by atoms with Gasteiger partial charge in [-0.15, -0.1) is 0 Å². The number of nitrogens with zero attached hydrogens (tertiary/aromatic N) is 2. The van der Waals surface area contributed by atoms with E-state index in [1.165, 1.54) is 41.9 Å². The van der Waals surface area contributed by atoms with Crippen molar-refractivity contribution in [3.63, 3.8) is 0 Å². The number of hydrogen-bond acceptors (Lipinski definition) is 5. The number of rotatable bonds is 6. The Morgan fingerprint density at radius 3 is 2.52 bits per heavy atom. The molecule has 0 radical (unpaired) electrons. The highest BCUT2D eigenvalue weighted by atomic mass is 19.1. The molecular weight excluding hydrogens is 375 g/mol. The van der Waals surface area contributed by atoms with Gasteiger partial charge in [0.15, 0.2) is 5.78 Å². The van der Waals surface area contributed by atoms with Crippen LogP contribution in [0.3, 0.4) is 0 Å². The van der Waals surface area contributed by atoms with E-state index < -0.39 is 23.1 Å². The number of anilines is 2. The quantitative estimate of drug-likeness (QED) is 0.625. The number of ketones is 1. The van der Waals surface area contributed by atoms with Crippen LogP contribution in [0.4, 0.5) is 15.8 Å². The molecule has 0 atom stereocenters. The fourth-order valence-electron chi connectivity index (χ4n) is 2.98. The molecule has 0 unspecified atom stereocenters. The molecule has 1 heterocycles. The van der Waals surface area contributed by atoms with Crippen molar-refractivity contribution in [2.45, 2.75) is 20.4 Å². The van der Waals surface area contributed by atoms with Gasteiger partial charge in [-0.05, 0) is 44.2 Å². The highest BCUT2D eigenvalue weighted by Crippen LogP contribution is 2.28. The van der Waals surface area contributed by atoms with Crippen LogP contribution in [-0.4, -0.2) is 21.5 Å². The van der Waals surface area contributed by atoms with Crippen LogP contribution in [0.25, 0.3) is 11.3 Å². The Kier molecular flexibility index (Phi) is 5.54. The lowest BCUT2D eigenvalue weighted by molar-refractivity contribution is 0.0996. The molecule has 8 heteroatoms. The first-order valence-corrected chi connectivity index (χ1v) is 8.90. The van der Waals surface area contributed by atoms with Crippen molar-refractivity contribution in [2.24, 2.45) is 5.73 Å². The van der Waals surface area contributed by atoms with Crippen LogP contribution >= 0.6 is 0 Å². The van der Waals surface area contributed by atoms with Gasteiger partial charge in [0, 0.05) is 23.4 Å². The Labute approximate surface area is 166 Å². The molecule has 2 aromatic carbocycles. The normalized spacial score (nSPS) is 10.6. The van der Waals surface area contributed by atoms with Crippen molar-refractivity contribution >= 4 is 23.1 Å². The molecule has 0 fully saturated rings. The Bertz CT molecular complexity index is 1170. The number of carbonyl (C=O) groups is 2. The third-order valence-corrected chi connectivity index (χ3v) is 4.32. The first-order chi connectivity index (χ1) is 13.8. The summed E-state index contributed by atoms with van der Waals surface area (Å²) in [5.41, 5.74) is 6.03. The van der Waals surface area contributed by atoms with Crippen molar-refractivity contribution in [1.82, 2.24) is 9.78 Å². The second kappa shape index (κ2) is 8.05. The number of aryl methyl sites for hydroxylation is 1. The molecule has 0 saturated carbocycles. The van der Waals surface area contributed by atoms with Crippen LogP contribution in [0.15, 0.2) is 53.3 Å². The molecule has 0 aliphatic carbocycles. The van der Waals surface area contributed by atoms with E-state index in [0.29, 0.717) is 11.3 Å². The number of Topliss-reactive ketones (excluding diaryl/α,β-unsaturated/α-hetero) is 1.